The van der Waals surface area contributed by atoms with E-state index >= 15 is 0 Å². The number of amides is 2. The van der Waals surface area contributed by atoms with Crippen LogP contribution in [0.2, 0.25) is 0 Å². The quantitative estimate of drug-likeness (QED) is 0.676. The number of ether oxygens (including phenoxy) is 1. The fraction of sp³-hybridized carbons (Fsp3) is 0.440. The van der Waals surface area contributed by atoms with Crippen LogP contribution in [0, 0.1) is 5.82 Å². The molecule has 1 aliphatic heterocycles. The molecule has 0 spiro atoms. The number of ketones is 1. The molecule has 172 valence electrons. The summed E-state index contributed by atoms with van der Waals surface area (Å²) in [5.74, 6) is -0.574. The third kappa shape index (κ3) is 6.53. The zero-order valence-electron chi connectivity index (χ0n) is 19.3. The average Bonchev–Trinajstić information content (AvgIpc) is 2.76. The molecule has 0 radical (unpaired) electrons. The van der Waals surface area contributed by atoms with E-state index in [1.54, 1.807) is 17.0 Å². The van der Waals surface area contributed by atoms with Crippen LogP contribution in [0.15, 0.2) is 42.5 Å². The van der Waals surface area contributed by atoms with Gasteiger partial charge in [-0.3, -0.25) is 4.79 Å². The van der Waals surface area contributed by atoms with Crippen molar-refractivity contribution in [3.8, 4) is 0 Å². The summed E-state index contributed by atoms with van der Waals surface area (Å²) in [6, 6.07) is 12.4. The Morgan fingerprint density at radius 1 is 1.03 bits per heavy atom. The van der Waals surface area contributed by atoms with Gasteiger partial charge in [-0.2, -0.15) is 0 Å². The van der Waals surface area contributed by atoms with Gasteiger partial charge in [-0.25, -0.2) is 9.18 Å². The summed E-state index contributed by atoms with van der Waals surface area (Å²) in [5.41, 5.74) is 2.70. The number of benzene rings is 2. The first-order chi connectivity index (χ1) is 15.1. The van der Waals surface area contributed by atoms with Gasteiger partial charge in [0.25, 0.3) is 0 Å². The van der Waals surface area contributed by atoms with Crippen molar-refractivity contribution in [2.75, 3.05) is 31.1 Å². The van der Waals surface area contributed by atoms with Crippen LogP contribution in [0.1, 0.15) is 49.2 Å². The first kappa shape index (κ1) is 23.7. The van der Waals surface area contributed by atoms with Crippen molar-refractivity contribution >= 4 is 17.5 Å². The Kier molecular flexibility index (Phi) is 7.51. The predicted molar refractivity (Wildman–Crippen MR) is 123 cm³/mol. The van der Waals surface area contributed by atoms with E-state index in [0.717, 1.165) is 11.1 Å². The fourth-order valence-corrected chi connectivity index (χ4v) is 3.55. The van der Waals surface area contributed by atoms with E-state index in [9.17, 15) is 14.0 Å². The second-order valence-corrected chi connectivity index (χ2v) is 9.08. The summed E-state index contributed by atoms with van der Waals surface area (Å²) < 4.78 is 20.2. The monoisotopic (exact) mass is 441 g/mol. The molecule has 0 bridgehead atoms. The number of nitrogens with zero attached hydrogens (tertiary/aromatic N) is 2. The summed E-state index contributed by atoms with van der Waals surface area (Å²) >= 11 is 0. The zero-order chi connectivity index (χ0) is 23.3. The molecule has 0 unspecified atom stereocenters. The number of nitrogens with one attached hydrogen (secondary N) is 1. The number of hydrogen-bond donors (Lipinski definition) is 1. The number of hydrogen-bond acceptors (Lipinski definition) is 4. The van der Waals surface area contributed by atoms with Crippen LogP contribution in [0.25, 0.3) is 0 Å². The van der Waals surface area contributed by atoms with Crippen molar-refractivity contribution in [2.45, 2.75) is 46.4 Å². The minimum Gasteiger partial charge on any atom is -0.371 e. The van der Waals surface area contributed by atoms with Gasteiger partial charge in [0.15, 0.2) is 5.78 Å². The molecule has 32 heavy (non-hydrogen) atoms. The molecular formula is C25H32FN3O3. The van der Waals surface area contributed by atoms with Gasteiger partial charge in [0.2, 0.25) is 0 Å². The van der Waals surface area contributed by atoms with Crippen LogP contribution in [0.3, 0.4) is 0 Å². The highest BCUT2D eigenvalue weighted by atomic mass is 19.1. The smallest absolute Gasteiger partial charge is 0.317 e. The number of carbonyl (C=O) groups excluding carboxylic acids is 2. The minimum atomic E-state index is -0.411. The molecule has 2 amide bonds. The third-order valence-electron chi connectivity index (χ3n) is 5.37. The van der Waals surface area contributed by atoms with E-state index in [1.165, 1.54) is 13.0 Å². The number of anilines is 1. The van der Waals surface area contributed by atoms with Crippen molar-refractivity contribution in [1.29, 1.82) is 0 Å². The van der Waals surface area contributed by atoms with Crippen LogP contribution in [0.4, 0.5) is 14.9 Å². The lowest BCUT2D eigenvalue weighted by Crippen LogP contribution is -2.51. The van der Waals surface area contributed by atoms with Crippen LogP contribution >= 0.6 is 0 Å². The summed E-state index contributed by atoms with van der Waals surface area (Å²) in [7, 11) is 0. The SMILES string of the molecule is CC(=O)c1ccc(N2CCN(C(=O)NCc3cccc(COC(C)(C)C)c3)CC2)c(F)c1. The molecule has 2 aromatic rings. The molecule has 0 atom stereocenters. The van der Waals surface area contributed by atoms with Crippen molar-refractivity contribution in [3.63, 3.8) is 0 Å². The Hall–Kier alpha value is -2.93. The summed E-state index contributed by atoms with van der Waals surface area (Å²) in [5, 5.41) is 2.97. The van der Waals surface area contributed by atoms with Gasteiger partial charge in [-0.1, -0.05) is 24.3 Å². The largest absolute Gasteiger partial charge is 0.371 e. The molecule has 0 aromatic heterocycles. The van der Waals surface area contributed by atoms with Gasteiger partial charge in [-0.05, 0) is 57.0 Å². The molecular weight excluding hydrogens is 409 g/mol. The van der Waals surface area contributed by atoms with Gasteiger partial charge in [0.1, 0.15) is 5.82 Å². The topological polar surface area (TPSA) is 61.9 Å². The second kappa shape index (κ2) is 10.1. The van der Waals surface area contributed by atoms with Crippen molar-refractivity contribution in [3.05, 3.63) is 65.0 Å². The zero-order valence-corrected chi connectivity index (χ0v) is 19.3. The molecule has 1 heterocycles. The number of urea groups is 1. The summed E-state index contributed by atoms with van der Waals surface area (Å²) in [6.45, 7) is 10.5. The molecule has 1 N–H and O–H groups in total. The highest BCUT2D eigenvalue weighted by Crippen LogP contribution is 2.22. The average molecular weight is 442 g/mol. The number of rotatable bonds is 6. The lowest BCUT2D eigenvalue weighted by Gasteiger charge is -2.36. The van der Waals surface area contributed by atoms with Crippen LogP contribution in [-0.2, 0) is 17.9 Å². The first-order valence-electron chi connectivity index (χ1n) is 10.9. The third-order valence-corrected chi connectivity index (χ3v) is 5.37. The normalized spacial score (nSPS) is 14.4. The lowest BCUT2D eigenvalue weighted by atomic mass is 10.1. The molecule has 0 saturated carbocycles. The Morgan fingerprint density at radius 3 is 2.34 bits per heavy atom. The van der Waals surface area contributed by atoms with E-state index in [1.807, 2.05) is 49.9 Å². The van der Waals surface area contributed by atoms with Crippen molar-refractivity contribution in [1.82, 2.24) is 10.2 Å². The van der Waals surface area contributed by atoms with Crippen molar-refractivity contribution in [2.24, 2.45) is 0 Å². The van der Waals surface area contributed by atoms with Crippen molar-refractivity contribution < 1.29 is 18.7 Å². The van der Waals surface area contributed by atoms with Crippen LogP contribution in [-0.4, -0.2) is 48.5 Å². The van der Waals surface area contributed by atoms with Gasteiger partial charge in [0.05, 0.1) is 17.9 Å². The molecule has 7 heteroatoms. The highest BCUT2D eigenvalue weighted by molar-refractivity contribution is 5.94. The number of carbonyl (C=O) groups is 2. The molecule has 3 rings (SSSR count). The molecule has 1 saturated heterocycles. The fourth-order valence-electron chi connectivity index (χ4n) is 3.55. The standard InChI is InChI=1S/C25H32FN3O3/c1-18(30)21-8-9-23(22(26)15-21)28-10-12-29(13-11-28)24(31)27-16-19-6-5-7-20(14-19)17-32-25(2,3)4/h5-9,14-15H,10-13,16-17H2,1-4H3,(H,27,31). The van der Waals surface area contributed by atoms with Gasteiger partial charge < -0.3 is 19.9 Å². The molecule has 0 aliphatic carbocycles. The first-order valence-corrected chi connectivity index (χ1v) is 10.9. The molecule has 1 aliphatic rings. The minimum absolute atomic E-state index is 0.131. The van der Waals surface area contributed by atoms with Crippen LogP contribution in [0.5, 0.6) is 0 Å². The van der Waals surface area contributed by atoms with Crippen LogP contribution < -0.4 is 10.2 Å². The van der Waals surface area contributed by atoms with E-state index in [4.69, 9.17) is 4.74 Å². The molecule has 2 aromatic carbocycles. The Balaban J connectivity index is 1.49. The number of halogens is 1. The summed E-state index contributed by atoms with van der Waals surface area (Å²) in [4.78, 5) is 27.7. The predicted octanol–water partition coefficient (Wildman–Crippen LogP) is 4.38. The van der Waals surface area contributed by atoms with E-state index < -0.39 is 5.82 Å². The van der Waals surface area contributed by atoms with E-state index in [0.29, 0.717) is 50.6 Å². The van der Waals surface area contributed by atoms with E-state index in [-0.39, 0.29) is 17.4 Å². The Morgan fingerprint density at radius 2 is 1.72 bits per heavy atom. The van der Waals surface area contributed by atoms with Gasteiger partial charge in [-0.15, -0.1) is 0 Å². The Labute approximate surface area is 189 Å². The second-order valence-electron chi connectivity index (χ2n) is 9.08. The molecule has 6 nitrogen and oxygen atoms in total. The molecule has 1 fully saturated rings. The lowest BCUT2D eigenvalue weighted by molar-refractivity contribution is -0.0149. The highest BCUT2D eigenvalue weighted by Gasteiger charge is 2.23. The maximum Gasteiger partial charge on any atom is 0.317 e. The maximum atomic E-state index is 14.4. The number of piperazine rings is 1. The summed E-state index contributed by atoms with van der Waals surface area (Å²) in [6.07, 6.45) is 0. The van der Waals surface area contributed by atoms with Gasteiger partial charge >= 0.3 is 6.03 Å². The maximum absolute atomic E-state index is 14.4. The van der Waals surface area contributed by atoms with Gasteiger partial charge in [0, 0.05) is 38.3 Å². The number of Topliss-reactive ketones (excluding diaryl/α,β-unsaturated/α-hetero) is 1. The van der Waals surface area contributed by atoms with E-state index in [2.05, 4.69) is 5.32 Å². The Bertz CT molecular complexity index is 963.